The second-order valence-corrected chi connectivity index (χ2v) is 9.84. The van der Waals surface area contributed by atoms with E-state index in [1.165, 1.54) is 34.3 Å². The molecule has 2 aromatic carbocycles. The SMILES string of the molecule is CN(CC(CC1CCCCC1)N(CC(Cc1ccccc1)N(CCc1ccccc1)N=O)N=O)N=O.[Na+]. The van der Waals surface area contributed by atoms with Crippen LogP contribution in [0.1, 0.15) is 49.7 Å². The Morgan fingerprint density at radius 3 is 1.92 bits per heavy atom. The fourth-order valence-electron chi connectivity index (χ4n) is 5.23. The average molecular weight is 518 g/mol. The molecule has 1 aliphatic rings. The van der Waals surface area contributed by atoms with Crippen molar-refractivity contribution < 1.29 is 29.6 Å². The zero-order valence-electron chi connectivity index (χ0n) is 22.2. The van der Waals surface area contributed by atoms with E-state index in [1.807, 2.05) is 60.7 Å². The summed E-state index contributed by atoms with van der Waals surface area (Å²) in [5.74, 6) is 0.485. The van der Waals surface area contributed by atoms with Gasteiger partial charge in [0.2, 0.25) is 0 Å². The molecule has 2 atom stereocenters. The Morgan fingerprint density at radius 2 is 1.35 bits per heavy atom. The summed E-state index contributed by atoms with van der Waals surface area (Å²) in [6.45, 7) is 0.978. The fourth-order valence-corrected chi connectivity index (χ4v) is 5.23. The van der Waals surface area contributed by atoms with Crippen LogP contribution in [0.4, 0.5) is 0 Å². The Labute approximate surface area is 242 Å². The molecule has 2 unspecified atom stereocenters. The largest absolute Gasteiger partial charge is 1.00 e. The molecule has 1 saturated carbocycles. The van der Waals surface area contributed by atoms with E-state index in [-0.39, 0.29) is 48.2 Å². The number of nitroso groups, excluding NO2 is 3. The molecule has 194 valence electrons. The topological polar surface area (TPSA) is 98.0 Å². The molecular formula is C27H38N6NaO3+. The van der Waals surface area contributed by atoms with Crippen molar-refractivity contribution in [2.75, 3.05) is 26.7 Å². The van der Waals surface area contributed by atoms with Gasteiger partial charge in [0.05, 0.1) is 41.0 Å². The Hall–Kier alpha value is -2.36. The van der Waals surface area contributed by atoms with Crippen LogP contribution in [0.3, 0.4) is 0 Å². The maximum absolute atomic E-state index is 12.2. The van der Waals surface area contributed by atoms with E-state index >= 15 is 0 Å². The van der Waals surface area contributed by atoms with Gasteiger partial charge >= 0.3 is 29.6 Å². The maximum atomic E-state index is 12.2. The maximum Gasteiger partial charge on any atom is 1.00 e. The third-order valence-electron chi connectivity index (χ3n) is 7.18. The van der Waals surface area contributed by atoms with E-state index in [0.717, 1.165) is 30.4 Å². The molecule has 0 spiro atoms. The summed E-state index contributed by atoms with van der Waals surface area (Å²) >= 11 is 0. The smallest absolute Gasteiger partial charge is 0.262 e. The molecular weight excluding hydrogens is 479 g/mol. The van der Waals surface area contributed by atoms with E-state index in [2.05, 4.69) is 15.9 Å². The van der Waals surface area contributed by atoms with Gasteiger partial charge in [0.15, 0.2) is 0 Å². The average Bonchev–Trinajstić information content (AvgIpc) is 2.93. The summed E-state index contributed by atoms with van der Waals surface area (Å²) in [7, 11) is 1.62. The van der Waals surface area contributed by atoms with Crippen LogP contribution in [0.2, 0.25) is 0 Å². The normalized spacial score (nSPS) is 15.1. The summed E-state index contributed by atoms with van der Waals surface area (Å²) < 4.78 is 0. The Bertz CT molecular complexity index is 917. The van der Waals surface area contributed by atoms with Gasteiger partial charge in [0.25, 0.3) is 0 Å². The molecule has 10 heteroatoms. The van der Waals surface area contributed by atoms with E-state index in [0.29, 0.717) is 31.8 Å². The van der Waals surface area contributed by atoms with Crippen LogP contribution in [0.5, 0.6) is 0 Å². The molecule has 0 saturated heterocycles. The molecule has 0 bridgehead atoms. The van der Waals surface area contributed by atoms with E-state index < -0.39 is 0 Å². The van der Waals surface area contributed by atoms with Crippen molar-refractivity contribution in [2.24, 2.45) is 21.8 Å². The Morgan fingerprint density at radius 1 is 0.757 bits per heavy atom. The minimum Gasteiger partial charge on any atom is -0.262 e. The Kier molecular flexibility index (Phi) is 14.4. The number of nitrogens with zero attached hydrogens (tertiary/aromatic N) is 6. The predicted molar refractivity (Wildman–Crippen MR) is 142 cm³/mol. The van der Waals surface area contributed by atoms with Gasteiger partial charge in [-0.15, -0.1) is 14.7 Å². The first-order valence-electron chi connectivity index (χ1n) is 12.9. The first kappa shape index (κ1) is 30.9. The van der Waals surface area contributed by atoms with Crippen LogP contribution in [-0.4, -0.2) is 53.8 Å². The van der Waals surface area contributed by atoms with Gasteiger partial charge in [-0.3, -0.25) is 15.0 Å². The van der Waals surface area contributed by atoms with Crippen LogP contribution in [0.25, 0.3) is 0 Å². The van der Waals surface area contributed by atoms with Gasteiger partial charge in [-0.2, -0.15) is 0 Å². The molecule has 2 aromatic rings. The van der Waals surface area contributed by atoms with E-state index in [9.17, 15) is 14.7 Å². The first-order valence-corrected chi connectivity index (χ1v) is 12.9. The van der Waals surface area contributed by atoms with Crippen molar-refractivity contribution in [3.8, 4) is 0 Å². The molecule has 3 rings (SSSR count). The standard InChI is InChI=1S/C27H38N6O3.Na/c1-31(28-34)21-26(19-24-13-7-3-8-14-24)33(30-36)22-27(20-25-15-9-4-10-16-25)32(29-35)18-17-23-11-5-2-6-12-23;/h2,4-6,9-12,15-16,24,26-27H,3,7-8,13-14,17-22H2,1H3;/q;+1. The minimum absolute atomic E-state index is 0. The Balaban J connectivity index is 0.00000481. The van der Waals surface area contributed by atoms with Gasteiger partial charge in [-0.1, -0.05) is 92.8 Å². The van der Waals surface area contributed by atoms with Crippen molar-refractivity contribution in [2.45, 2.75) is 63.5 Å². The number of rotatable bonds is 16. The van der Waals surface area contributed by atoms with E-state index in [4.69, 9.17) is 0 Å². The molecule has 0 radical (unpaired) electrons. The van der Waals surface area contributed by atoms with Crippen LogP contribution in [0.15, 0.2) is 76.5 Å². The molecule has 0 amide bonds. The van der Waals surface area contributed by atoms with Crippen LogP contribution in [0, 0.1) is 20.6 Å². The summed E-state index contributed by atoms with van der Waals surface area (Å²) in [5.41, 5.74) is 2.17. The molecule has 37 heavy (non-hydrogen) atoms. The fraction of sp³-hybridized carbons (Fsp3) is 0.556. The van der Waals surface area contributed by atoms with Crippen molar-refractivity contribution in [1.29, 1.82) is 0 Å². The second kappa shape index (κ2) is 17.2. The number of hydrogen-bond donors (Lipinski definition) is 0. The molecule has 0 N–H and O–H groups in total. The van der Waals surface area contributed by atoms with Crippen molar-refractivity contribution in [1.82, 2.24) is 15.0 Å². The number of likely N-dealkylation sites (N-methyl/N-ethyl adjacent to an activating group) is 1. The molecule has 0 aromatic heterocycles. The zero-order chi connectivity index (χ0) is 25.6. The minimum atomic E-state index is -0.352. The van der Waals surface area contributed by atoms with Gasteiger partial charge in [-0.05, 0) is 36.3 Å². The molecule has 1 fully saturated rings. The molecule has 9 nitrogen and oxygen atoms in total. The van der Waals surface area contributed by atoms with Crippen molar-refractivity contribution >= 4 is 0 Å². The summed E-state index contributed by atoms with van der Waals surface area (Å²) in [4.78, 5) is 35.3. The summed E-state index contributed by atoms with van der Waals surface area (Å²) in [6, 6.07) is 19.2. The number of hydrogen-bond acceptors (Lipinski definition) is 6. The number of benzene rings is 2. The molecule has 1 aliphatic carbocycles. The summed E-state index contributed by atoms with van der Waals surface area (Å²) in [5, 5.41) is 14.2. The van der Waals surface area contributed by atoms with Gasteiger partial charge in [0, 0.05) is 13.6 Å². The monoisotopic (exact) mass is 517 g/mol. The van der Waals surface area contributed by atoms with Gasteiger partial charge in [-0.25, -0.2) is 0 Å². The summed E-state index contributed by atoms with van der Waals surface area (Å²) in [6.07, 6.45) is 7.83. The third kappa shape index (κ3) is 10.5. The molecule has 0 heterocycles. The molecule has 0 aliphatic heterocycles. The third-order valence-corrected chi connectivity index (χ3v) is 7.18. The van der Waals surface area contributed by atoms with Gasteiger partial charge < -0.3 is 0 Å². The van der Waals surface area contributed by atoms with E-state index in [1.54, 1.807) is 7.05 Å². The first-order chi connectivity index (χ1) is 17.6. The zero-order valence-corrected chi connectivity index (χ0v) is 24.2. The van der Waals surface area contributed by atoms with Crippen LogP contribution < -0.4 is 29.6 Å². The van der Waals surface area contributed by atoms with Crippen LogP contribution in [-0.2, 0) is 12.8 Å². The predicted octanol–water partition coefficient (Wildman–Crippen LogP) is 2.76. The van der Waals surface area contributed by atoms with Crippen LogP contribution >= 0.6 is 0 Å². The van der Waals surface area contributed by atoms with Crippen molar-refractivity contribution in [3.05, 3.63) is 86.5 Å². The van der Waals surface area contributed by atoms with Crippen molar-refractivity contribution in [3.63, 3.8) is 0 Å². The second-order valence-electron chi connectivity index (χ2n) is 9.84. The quantitative estimate of drug-likeness (QED) is 0.193. The van der Waals surface area contributed by atoms with Gasteiger partial charge in [0.1, 0.15) is 0 Å².